The van der Waals surface area contributed by atoms with Crippen molar-refractivity contribution in [3.63, 3.8) is 0 Å². The number of nitrogens with zero attached hydrogens (tertiary/aromatic N) is 2. The molecule has 0 saturated carbocycles. The number of nitrogens with one attached hydrogen (secondary N) is 1. The Morgan fingerprint density at radius 1 is 1.13 bits per heavy atom. The summed E-state index contributed by atoms with van der Waals surface area (Å²) >= 11 is 0. The number of amides is 1. The van der Waals surface area contributed by atoms with Gasteiger partial charge in [0.05, 0.1) is 44.4 Å². The number of carbonyl (C=O) groups is 1. The van der Waals surface area contributed by atoms with Gasteiger partial charge in [0.1, 0.15) is 0 Å². The molecule has 1 amide bonds. The number of benzene rings is 1. The Balaban J connectivity index is 1.74. The molecule has 30 heavy (non-hydrogen) atoms. The molecule has 164 valence electrons. The van der Waals surface area contributed by atoms with Gasteiger partial charge >= 0.3 is 0 Å². The van der Waals surface area contributed by atoms with Crippen LogP contribution in [0.3, 0.4) is 0 Å². The maximum atomic E-state index is 12.9. The number of carbonyl (C=O) groups excluding carboxylic acids is 1. The molecule has 3 rings (SSSR count). The molecular weight excluding hydrogens is 386 g/mol. The van der Waals surface area contributed by atoms with E-state index in [1.807, 2.05) is 27.0 Å². The van der Waals surface area contributed by atoms with Crippen molar-refractivity contribution in [2.24, 2.45) is 0 Å². The largest absolute Gasteiger partial charge is 0.490 e. The highest BCUT2D eigenvalue weighted by molar-refractivity contribution is 6.05. The number of hydrogen-bond acceptors (Lipinski definition) is 6. The van der Waals surface area contributed by atoms with Crippen LogP contribution in [0.25, 0.3) is 0 Å². The van der Waals surface area contributed by atoms with E-state index in [1.54, 1.807) is 23.0 Å². The van der Waals surface area contributed by atoms with Gasteiger partial charge in [-0.15, -0.1) is 0 Å². The summed E-state index contributed by atoms with van der Waals surface area (Å²) in [5.41, 5.74) is 1.05. The van der Waals surface area contributed by atoms with Gasteiger partial charge in [0.25, 0.3) is 5.91 Å². The summed E-state index contributed by atoms with van der Waals surface area (Å²) in [5.74, 6) is 1.22. The van der Waals surface area contributed by atoms with E-state index in [0.29, 0.717) is 54.9 Å². The predicted molar refractivity (Wildman–Crippen MR) is 114 cm³/mol. The zero-order chi connectivity index (χ0) is 21.3. The third-order valence-electron chi connectivity index (χ3n) is 4.73. The van der Waals surface area contributed by atoms with E-state index in [9.17, 15) is 4.79 Å². The molecule has 1 saturated heterocycles. The van der Waals surface area contributed by atoms with Crippen LogP contribution >= 0.6 is 0 Å². The molecule has 0 aliphatic carbocycles. The van der Waals surface area contributed by atoms with Crippen molar-refractivity contribution in [2.45, 2.75) is 52.7 Å². The number of anilines is 1. The molecule has 2 heterocycles. The molecule has 1 fully saturated rings. The van der Waals surface area contributed by atoms with Crippen LogP contribution in [0.1, 0.15) is 50.4 Å². The Labute approximate surface area is 177 Å². The van der Waals surface area contributed by atoms with Gasteiger partial charge in [-0.25, -0.2) is 0 Å². The van der Waals surface area contributed by atoms with Gasteiger partial charge in [0, 0.05) is 18.4 Å². The standard InChI is InChI=1S/C22H31N3O5/c1-4-27-19-11-16(12-20(28-5-2)21(19)29-6-3)22(26)24-17-13-23-25(14-17)15-18-9-7-8-10-30-18/h11-14,18H,4-10,15H2,1-3H3,(H,24,26). The fourth-order valence-corrected chi connectivity index (χ4v) is 3.41. The van der Waals surface area contributed by atoms with Crippen molar-refractivity contribution in [3.8, 4) is 17.2 Å². The van der Waals surface area contributed by atoms with Crippen molar-refractivity contribution in [3.05, 3.63) is 30.1 Å². The van der Waals surface area contributed by atoms with Gasteiger partial charge < -0.3 is 24.3 Å². The quantitative estimate of drug-likeness (QED) is 0.631. The van der Waals surface area contributed by atoms with Crippen LogP contribution in [0.2, 0.25) is 0 Å². The van der Waals surface area contributed by atoms with Gasteiger partial charge in [-0.05, 0) is 52.2 Å². The fourth-order valence-electron chi connectivity index (χ4n) is 3.41. The van der Waals surface area contributed by atoms with Gasteiger partial charge in [-0.3, -0.25) is 9.48 Å². The highest BCUT2D eigenvalue weighted by atomic mass is 16.5. The number of hydrogen-bond donors (Lipinski definition) is 1. The third-order valence-corrected chi connectivity index (χ3v) is 4.73. The molecule has 1 aromatic carbocycles. The maximum Gasteiger partial charge on any atom is 0.256 e. The average Bonchev–Trinajstić information content (AvgIpc) is 3.18. The van der Waals surface area contributed by atoms with Crippen LogP contribution in [0.5, 0.6) is 17.2 Å². The number of ether oxygens (including phenoxy) is 4. The highest BCUT2D eigenvalue weighted by Gasteiger charge is 2.19. The molecule has 8 heteroatoms. The van der Waals surface area contributed by atoms with E-state index < -0.39 is 0 Å². The Morgan fingerprint density at radius 3 is 2.43 bits per heavy atom. The lowest BCUT2D eigenvalue weighted by atomic mass is 10.1. The monoisotopic (exact) mass is 417 g/mol. The normalized spacial score (nSPS) is 16.2. The lowest BCUT2D eigenvalue weighted by molar-refractivity contribution is 0.00400. The van der Waals surface area contributed by atoms with Crippen molar-refractivity contribution in [1.29, 1.82) is 0 Å². The number of aromatic nitrogens is 2. The van der Waals surface area contributed by atoms with E-state index >= 15 is 0 Å². The lowest BCUT2D eigenvalue weighted by Crippen LogP contribution is -2.24. The number of rotatable bonds is 10. The summed E-state index contributed by atoms with van der Waals surface area (Å²) in [7, 11) is 0. The maximum absolute atomic E-state index is 12.9. The average molecular weight is 418 g/mol. The molecular formula is C22H31N3O5. The first kappa shape index (κ1) is 22.0. The topological polar surface area (TPSA) is 83.8 Å². The van der Waals surface area contributed by atoms with Crippen LogP contribution in [0.15, 0.2) is 24.5 Å². The van der Waals surface area contributed by atoms with Crippen LogP contribution < -0.4 is 19.5 Å². The molecule has 1 aliphatic heterocycles. The summed E-state index contributed by atoms with van der Waals surface area (Å²) < 4.78 is 24.6. The van der Waals surface area contributed by atoms with Gasteiger partial charge in [-0.1, -0.05) is 0 Å². The molecule has 1 unspecified atom stereocenters. The second-order valence-electron chi connectivity index (χ2n) is 6.99. The van der Waals surface area contributed by atoms with Crippen molar-refractivity contribution < 1.29 is 23.7 Å². The SMILES string of the molecule is CCOc1cc(C(=O)Nc2cnn(CC3CCCCO3)c2)cc(OCC)c1OCC. The molecule has 8 nitrogen and oxygen atoms in total. The summed E-state index contributed by atoms with van der Waals surface area (Å²) in [5, 5.41) is 7.23. The smallest absolute Gasteiger partial charge is 0.256 e. The summed E-state index contributed by atoms with van der Waals surface area (Å²) in [6.45, 7) is 8.51. The molecule has 0 spiro atoms. The van der Waals surface area contributed by atoms with E-state index in [-0.39, 0.29) is 12.0 Å². The van der Waals surface area contributed by atoms with Crippen LogP contribution in [-0.4, -0.2) is 48.2 Å². The molecule has 1 N–H and O–H groups in total. The minimum absolute atomic E-state index is 0.177. The molecule has 0 bridgehead atoms. The molecule has 2 aromatic rings. The van der Waals surface area contributed by atoms with Crippen molar-refractivity contribution in [2.75, 3.05) is 31.7 Å². The highest BCUT2D eigenvalue weighted by Crippen LogP contribution is 2.39. The Bertz CT molecular complexity index is 803. The summed E-state index contributed by atoms with van der Waals surface area (Å²) in [4.78, 5) is 12.9. The predicted octanol–water partition coefficient (Wildman–Crippen LogP) is 3.90. The molecule has 0 radical (unpaired) electrons. The second kappa shape index (κ2) is 10.9. The zero-order valence-corrected chi connectivity index (χ0v) is 18.0. The lowest BCUT2D eigenvalue weighted by Gasteiger charge is -2.22. The Morgan fingerprint density at radius 2 is 1.83 bits per heavy atom. The van der Waals surface area contributed by atoms with E-state index in [1.165, 1.54) is 6.42 Å². The first-order chi connectivity index (χ1) is 14.6. The Kier molecular flexibility index (Phi) is 7.96. The minimum Gasteiger partial charge on any atom is -0.490 e. The van der Waals surface area contributed by atoms with Crippen LogP contribution in [0, 0.1) is 0 Å². The van der Waals surface area contributed by atoms with Crippen molar-refractivity contribution >= 4 is 11.6 Å². The van der Waals surface area contributed by atoms with E-state index in [0.717, 1.165) is 19.4 Å². The minimum atomic E-state index is -0.270. The summed E-state index contributed by atoms with van der Waals surface area (Å²) in [6, 6.07) is 3.35. The third kappa shape index (κ3) is 5.66. The molecule has 1 atom stereocenters. The second-order valence-corrected chi connectivity index (χ2v) is 6.99. The first-order valence-electron chi connectivity index (χ1n) is 10.7. The van der Waals surface area contributed by atoms with Gasteiger partial charge in [0.2, 0.25) is 5.75 Å². The van der Waals surface area contributed by atoms with E-state index in [2.05, 4.69) is 10.4 Å². The van der Waals surface area contributed by atoms with Crippen molar-refractivity contribution in [1.82, 2.24) is 9.78 Å². The zero-order valence-electron chi connectivity index (χ0n) is 18.0. The fraction of sp³-hybridized carbons (Fsp3) is 0.545. The Hall–Kier alpha value is -2.74. The van der Waals surface area contributed by atoms with Crippen LogP contribution in [0.4, 0.5) is 5.69 Å². The molecule has 1 aromatic heterocycles. The van der Waals surface area contributed by atoms with Gasteiger partial charge in [0.15, 0.2) is 11.5 Å². The summed E-state index contributed by atoms with van der Waals surface area (Å²) in [6.07, 6.45) is 6.97. The first-order valence-corrected chi connectivity index (χ1v) is 10.7. The molecule has 1 aliphatic rings. The van der Waals surface area contributed by atoms with Crippen LogP contribution in [-0.2, 0) is 11.3 Å². The van der Waals surface area contributed by atoms with E-state index in [4.69, 9.17) is 18.9 Å². The van der Waals surface area contributed by atoms with Gasteiger partial charge in [-0.2, -0.15) is 5.10 Å².